The number of amides is 2. The van der Waals surface area contributed by atoms with Gasteiger partial charge in [0.05, 0.1) is 18.4 Å². The first-order valence-corrected chi connectivity index (χ1v) is 11.7. The highest BCUT2D eigenvalue weighted by atomic mass is 16.5. The predicted molar refractivity (Wildman–Crippen MR) is 132 cm³/mol. The number of rotatable bonds is 4. The molecule has 2 amide bonds. The molecule has 2 heterocycles. The van der Waals surface area contributed by atoms with E-state index in [-0.39, 0.29) is 17.2 Å². The van der Waals surface area contributed by atoms with Gasteiger partial charge >= 0.3 is 0 Å². The van der Waals surface area contributed by atoms with Gasteiger partial charge in [-0.05, 0) is 59.1 Å². The summed E-state index contributed by atoms with van der Waals surface area (Å²) in [5, 5.41) is 0. The number of methoxy groups -OCH3 is 1. The summed E-state index contributed by atoms with van der Waals surface area (Å²) >= 11 is 0. The second-order valence-electron chi connectivity index (χ2n) is 10.5. The molecule has 0 aromatic heterocycles. The Labute approximate surface area is 197 Å². The van der Waals surface area contributed by atoms with Gasteiger partial charge in [-0.3, -0.25) is 9.59 Å². The maximum atomic E-state index is 13.8. The molecule has 2 aliphatic heterocycles. The molecule has 5 nitrogen and oxygen atoms in total. The molecule has 2 aromatic rings. The lowest BCUT2D eigenvalue weighted by molar-refractivity contribution is -0.120. The zero-order chi connectivity index (χ0) is 23.9. The van der Waals surface area contributed by atoms with E-state index in [4.69, 9.17) is 4.74 Å². The van der Waals surface area contributed by atoms with Crippen LogP contribution < -0.4 is 9.64 Å². The molecular weight excluding hydrogens is 412 g/mol. The van der Waals surface area contributed by atoms with Gasteiger partial charge in [-0.1, -0.05) is 58.9 Å². The van der Waals surface area contributed by atoms with Gasteiger partial charge < -0.3 is 9.64 Å². The Morgan fingerprint density at radius 1 is 0.848 bits per heavy atom. The predicted octanol–water partition coefficient (Wildman–Crippen LogP) is 5.26. The Morgan fingerprint density at radius 2 is 1.42 bits per heavy atom. The standard InChI is InChI=1S/C28H34N2O3/c1-18-15-19(2)17-29(16-18)25-24(20-7-13-23(33-6)14-8-20)26(31)30(27(25)32)22-11-9-21(10-12-22)28(3,4)5/h7-14,18-19H,15-17H2,1-6H3. The quantitative estimate of drug-likeness (QED) is 0.602. The fourth-order valence-electron chi connectivity index (χ4n) is 5.02. The average Bonchev–Trinajstić information content (AvgIpc) is 3.02. The molecule has 0 bridgehead atoms. The van der Waals surface area contributed by atoms with Crippen LogP contribution in [0.2, 0.25) is 0 Å². The minimum atomic E-state index is -0.269. The lowest BCUT2D eigenvalue weighted by atomic mass is 9.87. The summed E-state index contributed by atoms with van der Waals surface area (Å²) in [6.45, 7) is 12.4. The van der Waals surface area contributed by atoms with Gasteiger partial charge in [0, 0.05) is 13.1 Å². The molecule has 1 fully saturated rings. The van der Waals surface area contributed by atoms with E-state index in [1.54, 1.807) is 7.11 Å². The minimum absolute atomic E-state index is 0.00466. The van der Waals surface area contributed by atoms with E-state index in [0.717, 1.165) is 30.6 Å². The van der Waals surface area contributed by atoms with Gasteiger partial charge in [0.25, 0.3) is 11.8 Å². The number of piperidine rings is 1. The molecule has 0 saturated carbocycles. The normalized spacial score (nSPS) is 21.8. The Kier molecular flexibility index (Phi) is 6.08. The summed E-state index contributed by atoms with van der Waals surface area (Å²) in [5.41, 5.74) is 3.50. The SMILES string of the molecule is COc1ccc(C2=C(N3CC(C)CC(C)C3)C(=O)N(c3ccc(C(C)(C)C)cc3)C2=O)cc1. The van der Waals surface area contributed by atoms with Crippen LogP contribution in [0.15, 0.2) is 54.2 Å². The molecule has 5 heteroatoms. The number of anilines is 1. The molecule has 2 atom stereocenters. The van der Waals surface area contributed by atoms with Crippen LogP contribution in [0.5, 0.6) is 5.75 Å². The number of benzene rings is 2. The topological polar surface area (TPSA) is 49.9 Å². The lowest BCUT2D eigenvalue weighted by Crippen LogP contribution is -2.42. The summed E-state index contributed by atoms with van der Waals surface area (Å²) in [7, 11) is 1.61. The monoisotopic (exact) mass is 446 g/mol. The van der Waals surface area contributed by atoms with Crippen molar-refractivity contribution in [2.75, 3.05) is 25.1 Å². The van der Waals surface area contributed by atoms with Gasteiger partial charge in [0.15, 0.2) is 0 Å². The van der Waals surface area contributed by atoms with Gasteiger partial charge in [-0.15, -0.1) is 0 Å². The minimum Gasteiger partial charge on any atom is -0.497 e. The number of hydrogen-bond acceptors (Lipinski definition) is 4. The van der Waals surface area contributed by atoms with Crippen molar-refractivity contribution in [1.29, 1.82) is 0 Å². The molecular formula is C28H34N2O3. The number of carbonyl (C=O) groups excluding carboxylic acids is 2. The van der Waals surface area contributed by atoms with Crippen LogP contribution in [0.3, 0.4) is 0 Å². The van der Waals surface area contributed by atoms with Gasteiger partial charge in [0.2, 0.25) is 0 Å². The van der Waals surface area contributed by atoms with Crippen molar-refractivity contribution >= 4 is 23.1 Å². The maximum Gasteiger partial charge on any atom is 0.282 e. The highest BCUT2D eigenvalue weighted by molar-refractivity contribution is 6.45. The fourth-order valence-corrected chi connectivity index (χ4v) is 5.02. The highest BCUT2D eigenvalue weighted by Crippen LogP contribution is 2.38. The van der Waals surface area contributed by atoms with Gasteiger partial charge in [0.1, 0.15) is 11.4 Å². The number of imide groups is 1. The van der Waals surface area contributed by atoms with E-state index in [1.165, 1.54) is 4.90 Å². The summed E-state index contributed by atoms with van der Waals surface area (Å²) < 4.78 is 5.29. The molecule has 0 N–H and O–H groups in total. The molecule has 4 rings (SSSR count). The van der Waals surface area contributed by atoms with Crippen LogP contribution in [0, 0.1) is 11.8 Å². The molecule has 2 unspecified atom stereocenters. The van der Waals surface area contributed by atoms with Crippen molar-refractivity contribution in [3.63, 3.8) is 0 Å². The molecule has 2 aliphatic rings. The Hall–Kier alpha value is -3.08. The molecule has 1 saturated heterocycles. The maximum absolute atomic E-state index is 13.8. The largest absolute Gasteiger partial charge is 0.497 e. The van der Waals surface area contributed by atoms with E-state index in [2.05, 4.69) is 39.5 Å². The Bertz CT molecular complexity index is 1070. The Balaban J connectivity index is 1.78. The number of carbonyl (C=O) groups is 2. The van der Waals surface area contributed by atoms with E-state index in [1.807, 2.05) is 48.5 Å². The third-order valence-corrected chi connectivity index (χ3v) is 6.61. The smallest absolute Gasteiger partial charge is 0.282 e. The van der Waals surface area contributed by atoms with Crippen LogP contribution in [0.1, 0.15) is 52.2 Å². The second kappa shape index (κ2) is 8.69. The van der Waals surface area contributed by atoms with Crippen LogP contribution in [0.25, 0.3) is 5.57 Å². The van der Waals surface area contributed by atoms with E-state index < -0.39 is 0 Å². The summed E-state index contributed by atoms with van der Waals surface area (Å²) in [5.74, 6) is 1.13. The summed E-state index contributed by atoms with van der Waals surface area (Å²) in [6.07, 6.45) is 1.13. The molecule has 174 valence electrons. The van der Waals surface area contributed by atoms with Crippen molar-refractivity contribution in [3.05, 3.63) is 65.4 Å². The zero-order valence-electron chi connectivity index (χ0n) is 20.5. The van der Waals surface area contributed by atoms with Crippen molar-refractivity contribution in [2.24, 2.45) is 11.8 Å². The number of hydrogen-bond donors (Lipinski definition) is 0. The van der Waals surface area contributed by atoms with E-state index in [0.29, 0.717) is 34.5 Å². The van der Waals surface area contributed by atoms with Crippen molar-refractivity contribution in [3.8, 4) is 5.75 Å². The number of likely N-dealkylation sites (tertiary alicyclic amines) is 1. The molecule has 2 aromatic carbocycles. The van der Waals surface area contributed by atoms with Crippen molar-refractivity contribution in [1.82, 2.24) is 4.90 Å². The first-order chi connectivity index (χ1) is 15.6. The van der Waals surface area contributed by atoms with Gasteiger partial charge in [-0.2, -0.15) is 0 Å². The zero-order valence-corrected chi connectivity index (χ0v) is 20.5. The second-order valence-corrected chi connectivity index (χ2v) is 10.5. The first-order valence-electron chi connectivity index (χ1n) is 11.7. The fraction of sp³-hybridized carbons (Fsp3) is 0.429. The highest BCUT2D eigenvalue weighted by Gasteiger charge is 2.43. The van der Waals surface area contributed by atoms with E-state index in [9.17, 15) is 9.59 Å². The number of nitrogens with zero attached hydrogens (tertiary/aromatic N) is 2. The summed E-state index contributed by atoms with van der Waals surface area (Å²) in [6, 6.07) is 15.2. The third-order valence-electron chi connectivity index (χ3n) is 6.61. The number of ether oxygens (including phenoxy) is 1. The molecule has 33 heavy (non-hydrogen) atoms. The van der Waals surface area contributed by atoms with Crippen LogP contribution >= 0.6 is 0 Å². The average molecular weight is 447 g/mol. The van der Waals surface area contributed by atoms with Gasteiger partial charge in [-0.25, -0.2) is 4.90 Å². The summed E-state index contributed by atoms with van der Waals surface area (Å²) in [4.78, 5) is 31.0. The van der Waals surface area contributed by atoms with Crippen LogP contribution in [0.4, 0.5) is 5.69 Å². The third kappa shape index (κ3) is 4.41. The molecule has 0 aliphatic carbocycles. The van der Waals surface area contributed by atoms with Crippen LogP contribution in [-0.4, -0.2) is 36.9 Å². The molecule has 0 spiro atoms. The van der Waals surface area contributed by atoms with Crippen molar-refractivity contribution < 1.29 is 14.3 Å². The van der Waals surface area contributed by atoms with E-state index >= 15 is 0 Å². The molecule has 0 radical (unpaired) electrons. The first kappa shape index (κ1) is 23.1. The van der Waals surface area contributed by atoms with Crippen LogP contribution in [-0.2, 0) is 15.0 Å². The lowest BCUT2D eigenvalue weighted by Gasteiger charge is -2.37. The Morgan fingerprint density at radius 3 is 1.94 bits per heavy atom. The van der Waals surface area contributed by atoms with Crippen molar-refractivity contribution in [2.45, 2.75) is 46.5 Å².